The van der Waals surface area contributed by atoms with E-state index in [1.165, 1.54) is 16.0 Å². The highest BCUT2D eigenvalue weighted by molar-refractivity contribution is 7.15. The molecule has 0 aliphatic carbocycles. The maximum Gasteiger partial charge on any atom is 0.180 e. The van der Waals surface area contributed by atoms with E-state index >= 15 is 0 Å². The molecule has 0 aliphatic heterocycles. The smallest absolute Gasteiger partial charge is 0.180 e. The zero-order valence-electron chi connectivity index (χ0n) is 12.2. The average Bonchev–Trinajstić information content (AvgIpc) is 2.71. The highest BCUT2D eigenvalue weighted by atomic mass is 32.1. The highest BCUT2D eigenvalue weighted by Gasteiger charge is 2.23. The Morgan fingerprint density at radius 2 is 1.79 bits per heavy atom. The van der Waals surface area contributed by atoms with Crippen molar-refractivity contribution in [1.82, 2.24) is 4.98 Å². The zero-order chi connectivity index (χ0) is 14.0. The Labute approximate surface area is 119 Å². The molecular formula is C16H22N2S. The number of rotatable bonds is 3. The van der Waals surface area contributed by atoms with E-state index in [-0.39, 0.29) is 5.41 Å². The summed E-state index contributed by atoms with van der Waals surface area (Å²) >= 11 is 1.62. The average molecular weight is 274 g/mol. The lowest BCUT2D eigenvalue weighted by Crippen LogP contribution is -2.14. The normalized spacial score (nSPS) is 11.8. The molecular weight excluding hydrogens is 252 g/mol. The minimum atomic E-state index is 0.0462. The van der Waals surface area contributed by atoms with Gasteiger partial charge < -0.3 is 5.73 Å². The van der Waals surface area contributed by atoms with Crippen LogP contribution in [0.25, 0.3) is 0 Å². The van der Waals surface area contributed by atoms with Gasteiger partial charge in [0.05, 0.1) is 5.69 Å². The van der Waals surface area contributed by atoms with Gasteiger partial charge in [-0.2, -0.15) is 0 Å². The number of aryl methyl sites for hydroxylation is 1. The van der Waals surface area contributed by atoms with E-state index in [9.17, 15) is 0 Å². The third kappa shape index (κ3) is 3.16. The third-order valence-corrected chi connectivity index (χ3v) is 4.16. The number of nitrogens with two attached hydrogens (primary N) is 1. The van der Waals surface area contributed by atoms with Gasteiger partial charge in [-0.3, -0.25) is 0 Å². The van der Waals surface area contributed by atoms with Crippen LogP contribution in [0.2, 0.25) is 0 Å². The number of thiazole rings is 1. The molecule has 0 unspecified atom stereocenters. The summed E-state index contributed by atoms with van der Waals surface area (Å²) in [5.74, 6) is 0. The topological polar surface area (TPSA) is 38.9 Å². The Balaban J connectivity index is 2.39. The number of aromatic nitrogens is 1. The summed E-state index contributed by atoms with van der Waals surface area (Å²) < 4.78 is 0. The van der Waals surface area contributed by atoms with Gasteiger partial charge in [0.25, 0.3) is 0 Å². The number of hydrogen-bond donors (Lipinski definition) is 1. The van der Waals surface area contributed by atoms with E-state index in [0.717, 1.165) is 18.5 Å². The maximum atomic E-state index is 5.91. The predicted octanol–water partition coefficient (Wildman–Crippen LogP) is 4.18. The fourth-order valence-electron chi connectivity index (χ4n) is 2.32. The van der Waals surface area contributed by atoms with Gasteiger partial charge >= 0.3 is 0 Å². The van der Waals surface area contributed by atoms with Crippen molar-refractivity contribution in [3.8, 4) is 0 Å². The predicted molar refractivity (Wildman–Crippen MR) is 83.9 cm³/mol. The molecule has 0 spiro atoms. The molecule has 0 bridgehead atoms. The van der Waals surface area contributed by atoms with Crippen LogP contribution in [0.1, 0.15) is 49.4 Å². The monoisotopic (exact) mass is 274 g/mol. The van der Waals surface area contributed by atoms with E-state index in [1.807, 2.05) is 0 Å². The molecule has 0 saturated carbocycles. The molecule has 2 N–H and O–H groups in total. The van der Waals surface area contributed by atoms with Crippen LogP contribution in [0, 0.1) is 0 Å². The highest BCUT2D eigenvalue weighted by Crippen LogP contribution is 2.32. The van der Waals surface area contributed by atoms with Crippen molar-refractivity contribution in [3.05, 3.63) is 46.0 Å². The maximum absolute atomic E-state index is 5.91. The van der Waals surface area contributed by atoms with Gasteiger partial charge in [0.2, 0.25) is 0 Å². The van der Waals surface area contributed by atoms with Crippen LogP contribution < -0.4 is 5.73 Å². The summed E-state index contributed by atoms with van der Waals surface area (Å²) in [6.45, 7) is 8.77. The minimum Gasteiger partial charge on any atom is -0.375 e. The first-order valence-electron chi connectivity index (χ1n) is 6.74. The Morgan fingerprint density at radius 3 is 2.37 bits per heavy atom. The van der Waals surface area contributed by atoms with Crippen LogP contribution in [0.3, 0.4) is 0 Å². The van der Waals surface area contributed by atoms with Gasteiger partial charge in [0, 0.05) is 16.7 Å². The van der Waals surface area contributed by atoms with Gasteiger partial charge in [-0.05, 0) is 17.5 Å². The molecule has 2 aromatic rings. The second-order valence-electron chi connectivity index (χ2n) is 5.87. The molecule has 0 radical (unpaired) electrons. The standard InChI is InChI=1S/C16H22N2S/c1-5-11-8-6-7-9-12(11)10-13-14(16(2,3)4)18-15(17)19-13/h6-9H,5,10H2,1-4H3,(H2,17,18). The van der Waals surface area contributed by atoms with Crippen molar-refractivity contribution < 1.29 is 0 Å². The Bertz CT molecular complexity index is 564. The molecule has 2 rings (SSSR count). The third-order valence-electron chi connectivity index (χ3n) is 3.27. The molecule has 3 heteroatoms. The van der Waals surface area contributed by atoms with Crippen LogP contribution in [0.4, 0.5) is 5.13 Å². The number of nitrogen functional groups attached to an aromatic ring is 1. The van der Waals surface area contributed by atoms with E-state index < -0.39 is 0 Å². The molecule has 1 aromatic carbocycles. The summed E-state index contributed by atoms with van der Waals surface area (Å²) in [5, 5.41) is 0.675. The van der Waals surface area contributed by atoms with E-state index in [0.29, 0.717) is 5.13 Å². The van der Waals surface area contributed by atoms with Gasteiger partial charge in [0.15, 0.2) is 5.13 Å². The van der Waals surface area contributed by atoms with Crippen LogP contribution in [-0.2, 0) is 18.3 Å². The summed E-state index contributed by atoms with van der Waals surface area (Å²) in [6, 6.07) is 8.63. The largest absolute Gasteiger partial charge is 0.375 e. The Hall–Kier alpha value is -1.35. The molecule has 0 atom stereocenters. The van der Waals surface area contributed by atoms with Crippen molar-refractivity contribution in [1.29, 1.82) is 0 Å². The molecule has 0 fully saturated rings. The fraction of sp³-hybridized carbons (Fsp3) is 0.438. The molecule has 1 heterocycles. The lowest BCUT2D eigenvalue weighted by atomic mass is 9.89. The summed E-state index contributed by atoms with van der Waals surface area (Å²) in [6.07, 6.45) is 2.00. The van der Waals surface area contributed by atoms with Crippen molar-refractivity contribution in [2.75, 3.05) is 5.73 Å². The van der Waals surface area contributed by atoms with Gasteiger partial charge in [0.1, 0.15) is 0 Å². The van der Waals surface area contributed by atoms with Gasteiger partial charge in [-0.15, -0.1) is 11.3 Å². The van der Waals surface area contributed by atoms with E-state index in [1.54, 1.807) is 11.3 Å². The quantitative estimate of drug-likeness (QED) is 0.912. The molecule has 19 heavy (non-hydrogen) atoms. The zero-order valence-corrected chi connectivity index (χ0v) is 13.0. The fourth-order valence-corrected chi connectivity index (χ4v) is 3.39. The second-order valence-corrected chi connectivity index (χ2v) is 6.99. The van der Waals surface area contributed by atoms with E-state index in [4.69, 9.17) is 5.73 Å². The van der Waals surface area contributed by atoms with Crippen molar-refractivity contribution in [2.45, 2.75) is 46.0 Å². The van der Waals surface area contributed by atoms with Crippen molar-refractivity contribution in [3.63, 3.8) is 0 Å². The summed E-state index contributed by atoms with van der Waals surface area (Å²) in [5.41, 5.74) is 9.89. The molecule has 0 saturated heterocycles. The van der Waals surface area contributed by atoms with E-state index in [2.05, 4.69) is 56.9 Å². The number of anilines is 1. The molecule has 0 aliphatic rings. The first-order valence-corrected chi connectivity index (χ1v) is 7.56. The number of hydrogen-bond acceptors (Lipinski definition) is 3. The first kappa shape index (κ1) is 14.1. The summed E-state index contributed by atoms with van der Waals surface area (Å²) in [7, 11) is 0. The van der Waals surface area contributed by atoms with Gasteiger partial charge in [-0.1, -0.05) is 52.0 Å². The Kier molecular flexibility index (Phi) is 3.95. The molecule has 2 nitrogen and oxygen atoms in total. The van der Waals surface area contributed by atoms with Crippen LogP contribution >= 0.6 is 11.3 Å². The number of nitrogens with zero attached hydrogens (tertiary/aromatic N) is 1. The Morgan fingerprint density at radius 1 is 1.16 bits per heavy atom. The van der Waals surface area contributed by atoms with Crippen LogP contribution in [-0.4, -0.2) is 4.98 Å². The molecule has 0 amide bonds. The lowest BCUT2D eigenvalue weighted by Gasteiger charge is -2.18. The van der Waals surface area contributed by atoms with Crippen LogP contribution in [0.5, 0.6) is 0 Å². The number of benzene rings is 1. The van der Waals surface area contributed by atoms with Crippen molar-refractivity contribution in [2.24, 2.45) is 0 Å². The van der Waals surface area contributed by atoms with Gasteiger partial charge in [-0.25, -0.2) is 4.98 Å². The lowest BCUT2D eigenvalue weighted by molar-refractivity contribution is 0.568. The SMILES string of the molecule is CCc1ccccc1Cc1sc(N)nc1C(C)(C)C. The molecule has 102 valence electrons. The second kappa shape index (κ2) is 5.33. The van der Waals surface area contributed by atoms with Crippen LogP contribution in [0.15, 0.2) is 24.3 Å². The first-order chi connectivity index (χ1) is 8.91. The minimum absolute atomic E-state index is 0.0462. The van der Waals surface area contributed by atoms with Crippen molar-refractivity contribution >= 4 is 16.5 Å². The molecule has 1 aromatic heterocycles. The summed E-state index contributed by atoms with van der Waals surface area (Å²) in [4.78, 5) is 5.83.